The van der Waals surface area contributed by atoms with Crippen molar-refractivity contribution in [3.8, 4) is 5.69 Å². The van der Waals surface area contributed by atoms with Gasteiger partial charge in [0.25, 0.3) is 5.56 Å². The van der Waals surface area contributed by atoms with E-state index in [0.717, 1.165) is 10.7 Å². The number of aryl methyl sites for hydroxylation is 1. The molecule has 4 aromatic rings. The van der Waals surface area contributed by atoms with E-state index < -0.39 is 0 Å². The summed E-state index contributed by atoms with van der Waals surface area (Å²) in [6.07, 6.45) is 1.72. The second-order valence-electron chi connectivity index (χ2n) is 5.72. The fourth-order valence-corrected chi connectivity index (χ4v) is 3.96. The molecule has 0 bridgehead atoms. The Morgan fingerprint density at radius 1 is 1.26 bits per heavy atom. The lowest BCUT2D eigenvalue weighted by molar-refractivity contribution is -0.116. The minimum atomic E-state index is -0.281. The van der Waals surface area contributed by atoms with Crippen LogP contribution in [0.25, 0.3) is 16.7 Å². The number of nitrogens with one attached hydrogen (secondary N) is 1. The SMILES string of the molecule is Cc1nnc(CC(=O)CSc2nc3c(cnn3-c3ccccc3)c(=O)[nH]2)s1. The molecule has 0 spiro atoms. The first-order valence-corrected chi connectivity index (χ1v) is 9.87. The molecule has 1 aromatic carbocycles. The lowest BCUT2D eigenvalue weighted by Crippen LogP contribution is -2.11. The van der Waals surface area contributed by atoms with E-state index >= 15 is 0 Å². The van der Waals surface area contributed by atoms with Crippen LogP contribution in [0.4, 0.5) is 0 Å². The molecule has 0 unspecified atom stereocenters. The zero-order chi connectivity index (χ0) is 18.8. The zero-order valence-corrected chi connectivity index (χ0v) is 15.9. The molecule has 27 heavy (non-hydrogen) atoms. The van der Waals surface area contributed by atoms with Gasteiger partial charge in [0.05, 0.1) is 24.1 Å². The van der Waals surface area contributed by atoms with E-state index in [1.165, 1.54) is 29.3 Å². The molecule has 0 aliphatic heterocycles. The molecule has 0 atom stereocenters. The van der Waals surface area contributed by atoms with Crippen LogP contribution >= 0.6 is 23.1 Å². The Morgan fingerprint density at radius 3 is 2.81 bits per heavy atom. The third-order valence-corrected chi connectivity index (χ3v) is 5.48. The van der Waals surface area contributed by atoms with Crippen LogP contribution < -0.4 is 5.56 Å². The average Bonchev–Trinajstić information content (AvgIpc) is 3.27. The molecule has 0 aliphatic carbocycles. The minimum Gasteiger partial charge on any atom is -0.301 e. The predicted octanol–water partition coefficient (Wildman–Crippen LogP) is 2.17. The Bertz CT molecular complexity index is 1170. The van der Waals surface area contributed by atoms with Gasteiger partial charge >= 0.3 is 0 Å². The topological polar surface area (TPSA) is 106 Å². The number of thioether (sulfide) groups is 1. The molecule has 0 radical (unpaired) electrons. The van der Waals surface area contributed by atoms with Crippen LogP contribution in [0, 0.1) is 6.92 Å². The van der Waals surface area contributed by atoms with Crippen molar-refractivity contribution in [3.05, 3.63) is 56.9 Å². The first kappa shape index (κ1) is 17.6. The number of ketones is 1. The summed E-state index contributed by atoms with van der Waals surface area (Å²) in [7, 11) is 0. The Morgan fingerprint density at radius 2 is 2.07 bits per heavy atom. The van der Waals surface area contributed by atoms with Gasteiger partial charge in [-0.15, -0.1) is 21.5 Å². The van der Waals surface area contributed by atoms with Gasteiger partial charge in [0.1, 0.15) is 21.2 Å². The maximum Gasteiger partial charge on any atom is 0.262 e. The molecule has 3 heterocycles. The van der Waals surface area contributed by atoms with Crippen LogP contribution in [0.15, 0.2) is 46.5 Å². The summed E-state index contributed by atoms with van der Waals surface area (Å²) in [5, 5.41) is 14.4. The van der Waals surface area contributed by atoms with Crippen LogP contribution in [0.2, 0.25) is 0 Å². The van der Waals surface area contributed by atoms with E-state index in [1.807, 2.05) is 37.3 Å². The summed E-state index contributed by atoms with van der Waals surface area (Å²) in [5.41, 5.74) is 0.987. The number of Topliss-reactive ketones (excluding diaryl/α,β-unsaturated/α-hetero) is 1. The molecule has 8 nitrogen and oxygen atoms in total. The lowest BCUT2D eigenvalue weighted by Gasteiger charge is -2.04. The van der Waals surface area contributed by atoms with Crippen LogP contribution in [0.1, 0.15) is 10.0 Å². The zero-order valence-electron chi connectivity index (χ0n) is 14.2. The predicted molar refractivity (Wildman–Crippen MR) is 104 cm³/mol. The van der Waals surface area contributed by atoms with E-state index in [2.05, 4.69) is 25.3 Å². The Labute approximate surface area is 161 Å². The number of benzene rings is 1. The van der Waals surface area contributed by atoms with Gasteiger partial charge in [-0.3, -0.25) is 9.59 Å². The molecule has 0 aliphatic rings. The van der Waals surface area contributed by atoms with Gasteiger partial charge in [-0.25, -0.2) is 9.67 Å². The van der Waals surface area contributed by atoms with Crippen molar-refractivity contribution in [2.24, 2.45) is 0 Å². The van der Waals surface area contributed by atoms with Gasteiger partial charge in [0, 0.05) is 0 Å². The van der Waals surface area contributed by atoms with Crippen LogP contribution in [-0.4, -0.2) is 41.5 Å². The summed E-state index contributed by atoms with van der Waals surface area (Å²) in [6.45, 7) is 1.85. The number of para-hydroxylation sites is 1. The number of hydrogen-bond donors (Lipinski definition) is 1. The number of nitrogens with zero attached hydrogens (tertiary/aromatic N) is 5. The molecule has 4 rings (SSSR count). The molecular weight excluding hydrogens is 384 g/mol. The van der Waals surface area contributed by atoms with E-state index in [0.29, 0.717) is 21.2 Å². The molecule has 0 saturated heterocycles. The van der Waals surface area contributed by atoms with Gasteiger partial charge in [-0.2, -0.15) is 5.10 Å². The number of H-pyrrole nitrogens is 1. The highest BCUT2D eigenvalue weighted by Gasteiger charge is 2.14. The summed E-state index contributed by atoms with van der Waals surface area (Å²) in [6, 6.07) is 9.45. The molecule has 0 amide bonds. The van der Waals surface area contributed by atoms with E-state index in [1.54, 1.807) is 4.68 Å². The number of carbonyl (C=O) groups is 1. The van der Waals surface area contributed by atoms with Gasteiger partial charge < -0.3 is 4.98 Å². The molecular formula is C17H14N6O2S2. The number of aromatic nitrogens is 6. The summed E-state index contributed by atoms with van der Waals surface area (Å²) in [4.78, 5) is 31.7. The highest BCUT2D eigenvalue weighted by atomic mass is 32.2. The van der Waals surface area contributed by atoms with Crippen molar-refractivity contribution >= 4 is 39.9 Å². The Balaban J connectivity index is 1.55. The van der Waals surface area contributed by atoms with E-state index in [-0.39, 0.29) is 23.5 Å². The third-order valence-electron chi connectivity index (χ3n) is 3.70. The van der Waals surface area contributed by atoms with Crippen molar-refractivity contribution in [1.29, 1.82) is 0 Å². The maximum absolute atomic E-state index is 12.3. The molecule has 1 N–H and O–H groups in total. The molecule has 0 saturated carbocycles. The fraction of sp³-hybridized carbons (Fsp3) is 0.176. The first-order chi connectivity index (χ1) is 13.1. The molecule has 3 aromatic heterocycles. The van der Waals surface area contributed by atoms with E-state index in [4.69, 9.17) is 0 Å². The average molecular weight is 398 g/mol. The fourth-order valence-electron chi connectivity index (χ4n) is 2.50. The van der Waals surface area contributed by atoms with Gasteiger partial charge in [0.15, 0.2) is 10.8 Å². The van der Waals surface area contributed by atoms with Crippen molar-refractivity contribution in [2.75, 3.05) is 5.75 Å². The monoisotopic (exact) mass is 398 g/mol. The highest BCUT2D eigenvalue weighted by Crippen LogP contribution is 2.18. The smallest absolute Gasteiger partial charge is 0.262 e. The number of hydrogen-bond acceptors (Lipinski definition) is 8. The molecule has 136 valence electrons. The normalized spacial score (nSPS) is 11.1. The molecule has 10 heteroatoms. The lowest BCUT2D eigenvalue weighted by atomic mass is 10.3. The summed E-state index contributed by atoms with van der Waals surface area (Å²) >= 11 is 2.60. The van der Waals surface area contributed by atoms with Crippen molar-refractivity contribution in [3.63, 3.8) is 0 Å². The largest absolute Gasteiger partial charge is 0.301 e. The van der Waals surface area contributed by atoms with Crippen molar-refractivity contribution in [1.82, 2.24) is 29.9 Å². The van der Waals surface area contributed by atoms with Crippen molar-refractivity contribution in [2.45, 2.75) is 18.5 Å². The second-order valence-corrected chi connectivity index (χ2v) is 7.95. The second kappa shape index (κ2) is 7.41. The van der Waals surface area contributed by atoms with Gasteiger partial charge in [0.2, 0.25) is 0 Å². The standard InChI is InChI=1S/C17H14N6O2S2/c1-10-21-22-14(27-10)7-12(24)9-26-17-19-15-13(16(25)20-17)8-18-23(15)11-5-3-2-4-6-11/h2-6,8H,7,9H2,1H3,(H,19,20,25). The number of aromatic amines is 1. The number of fused-ring (bicyclic) bond motifs is 1. The van der Waals surface area contributed by atoms with Crippen LogP contribution in [0.5, 0.6) is 0 Å². The van der Waals surface area contributed by atoms with Crippen molar-refractivity contribution < 1.29 is 4.79 Å². The Hall–Kier alpha value is -2.85. The maximum atomic E-state index is 12.3. The minimum absolute atomic E-state index is 0.00420. The number of rotatable bonds is 6. The first-order valence-electron chi connectivity index (χ1n) is 8.07. The summed E-state index contributed by atoms with van der Waals surface area (Å²) < 4.78 is 1.61. The third kappa shape index (κ3) is 3.81. The van der Waals surface area contributed by atoms with E-state index in [9.17, 15) is 9.59 Å². The highest BCUT2D eigenvalue weighted by molar-refractivity contribution is 7.99. The number of carbonyl (C=O) groups excluding carboxylic acids is 1. The quantitative estimate of drug-likeness (QED) is 0.392. The Kier molecular flexibility index (Phi) is 4.82. The van der Waals surface area contributed by atoms with Crippen LogP contribution in [0.3, 0.4) is 0 Å². The van der Waals surface area contributed by atoms with Gasteiger partial charge in [-0.1, -0.05) is 30.0 Å². The summed E-state index contributed by atoms with van der Waals surface area (Å²) in [5.74, 6) is 0.183. The molecule has 0 fully saturated rings. The van der Waals surface area contributed by atoms with Gasteiger partial charge in [-0.05, 0) is 19.1 Å². The van der Waals surface area contributed by atoms with Crippen LogP contribution in [-0.2, 0) is 11.2 Å².